The van der Waals surface area contributed by atoms with Crippen molar-refractivity contribution in [2.45, 2.75) is 33.2 Å². The summed E-state index contributed by atoms with van der Waals surface area (Å²) in [5, 5.41) is 21.6. The average molecular weight is 437 g/mol. The Morgan fingerprint density at radius 3 is 2.72 bits per heavy atom. The molecule has 0 aliphatic carbocycles. The number of benzene rings is 2. The SMILES string of the molecule is Cc1cnc2cccc(N)c2c1Nc1ccc(C(=O)NCCCNC(C)C)c([N+](=O)[O-])c1. The quantitative estimate of drug-likeness (QED) is 0.173. The average Bonchev–Trinajstić information content (AvgIpc) is 2.75. The molecule has 0 aliphatic heterocycles. The molecule has 0 saturated heterocycles. The van der Waals surface area contributed by atoms with E-state index in [0.717, 1.165) is 35.1 Å². The number of nitrogens with one attached hydrogen (secondary N) is 3. The Bertz CT molecular complexity index is 1150. The minimum Gasteiger partial charge on any atom is -0.398 e. The fraction of sp³-hybridized carbons (Fsp3) is 0.304. The largest absolute Gasteiger partial charge is 0.398 e. The van der Waals surface area contributed by atoms with Crippen LogP contribution >= 0.6 is 0 Å². The van der Waals surface area contributed by atoms with E-state index >= 15 is 0 Å². The van der Waals surface area contributed by atoms with Crippen molar-refractivity contribution in [1.82, 2.24) is 15.6 Å². The van der Waals surface area contributed by atoms with Gasteiger partial charge in [0.2, 0.25) is 0 Å². The van der Waals surface area contributed by atoms with Gasteiger partial charge in [0.1, 0.15) is 5.56 Å². The third-order valence-corrected chi connectivity index (χ3v) is 5.02. The first-order chi connectivity index (χ1) is 15.3. The van der Waals surface area contributed by atoms with Crippen molar-refractivity contribution >= 4 is 39.6 Å². The van der Waals surface area contributed by atoms with Crippen molar-refractivity contribution in [3.05, 3.63) is 63.8 Å². The number of fused-ring (bicyclic) bond motifs is 1. The number of nitrogens with two attached hydrogens (primary N) is 1. The molecule has 9 nitrogen and oxygen atoms in total. The van der Waals surface area contributed by atoms with Gasteiger partial charge in [0, 0.05) is 41.6 Å². The Morgan fingerprint density at radius 1 is 1.22 bits per heavy atom. The minimum absolute atomic E-state index is 0.0215. The first-order valence-electron chi connectivity index (χ1n) is 10.5. The van der Waals surface area contributed by atoms with Crippen molar-refractivity contribution < 1.29 is 9.72 Å². The molecule has 0 aliphatic rings. The Hall–Kier alpha value is -3.72. The second kappa shape index (κ2) is 10.1. The number of amides is 1. The summed E-state index contributed by atoms with van der Waals surface area (Å²) in [4.78, 5) is 28.0. The molecule has 3 rings (SSSR count). The maximum Gasteiger partial charge on any atom is 0.284 e. The highest BCUT2D eigenvalue weighted by molar-refractivity contribution is 6.03. The minimum atomic E-state index is -0.549. The van der Waals surface area contributed by atoms with Crippen molar-refractivity contribution in [3.63, 3.8) is 0 Å². The number of nitro benzene ring substituents is 1. The number of pyridine rings is 1. The molecule has 9 heteroatoms. The predicted octanol–water partition coefficient (Wildman–Crippen LogP) is 3.90. The molecule has 0 radical (unpaired) electrons. The molecule has 32 heavy (non-hydrogen) atoms. The fourth-order valence-electron chi connectivity index (χ4n) is 3.40. The molecule has 5 N–H and O–H groups in total. The number of nitrogens with zero attached hydrogens (tertiary/aromatic N) is 2. The first kappa shape index (κ1) is 23.0. The Balaban J connectivity index is 1.83. The fourth-order valence-corrected chi connectivity index (χ4v) is 3.40. The Kier molecular flexibility index (Phi) is 7.21. The molecule has 2 aromatic carbocycles. The van der Waals surface area contributed by atoms with E-state index in [4.69, 9.17) is 5.73 Å². The second-order valence-electron chi connectivity index (χ2n) is 7.89. The van der Waals surface area contributed by atoms with Crippen LogP contribution in [0.4, 0.5) is 22.7 Å². The molecule has 1 heterocycles. The number of carbonyl (C=O) groups is 1. The molecule has 0 bridgehead atoms. The van der Waals surface area contributed by atoms with E-state index in [1.54, 1.807) is 18.3 Å². The van der Waals surface area contributed by atoms with Gasteiger partial charge in [-0.15, -0.1) is 0 Å². The highest BCUT2D eigenvalue weighted by Crippen LogP contribution is 2.34. The van der Waals surface area contributed by atoms with Crippen molar-refractivity contribution in [2.75, 3.05) is 24.1 Å². The Morgan fingerprint density at radius 2 is 2.00 bits per heavy atom. The number of rotatable bonds is 9. The van der Waals surface area contributed by atoms with Gasteiger partial charge in [0.05, 0.1) is 16.1 Å². The first-order valence-corrected chi connectivity index (χ1v) is 10.5. The molecule has 0 saturated carbocycles. The van der Waals surface area contributed by atoms with Crippen LogP contribution in [-0.2, 0) is 0 Å². The van der Waals surface area contributed by atoms with E-state index in [0.29, 0.717) is 24.0 Å². The second-order valence-corrected chi connectivity index (χ2v) is 7.89. The lowest BCUT2D eigenvalue weighted by Gasteiger charge is -2.15. The maximum atomic E-state index is 12.5. The van der Waals surface area contributed by atoms with E-state index in [1.807, 2.05) is 32.9 Å². The van der Waals surface area contributed by atoms with Gasteiger partial charge < -0.3 is 21.7 Å². The summed E-state index contributed by atoms with van der Waals surface area (Å²) in [6.45, 7) is 7.15. The zero-order chi connectivity index (χ0) is 23.3. The number of aromatic nitrogens is 1. The summed E-state index contributed by atoms with van der Waals surface area (Å²) in [5.74, 6) is -0.470. The smallest absolute Gasteiger partial charge is 0.284 e. The van der Waals surface area contributed by atoms with Crippen LogP contribution in [0.15, 0.2) is 42.6 Å². The third-order valence-electron chi connectivity index (χ3n) is 5.02. The molecule has 0 atom stereocenters. The van der Waals surface area contributed by atoms with Crippen molar-refractivity contribution in [2.24, 2.45) is 0 Å². The van der Waals surface area contributed by atoms with E-state index in [9.17, 15) is 14.9 Å². The Labute approximate surface area is 186 Å². The highest BCUT2D eigenvalue weighted by atomic mass is 16.6. The van der Waals surface area contributed by atoms with Gasteiger partial charge in [0.15, 0.2) is 0 Å². The predicted molar refractivity (Wildman–Crippen MR) is 127 cm³/mol. The van der Waals surface area contributed by atoms with Crippen LogP contribution in [0.2, 0.25) is 0 Å². The van der Waals surface area contributed by atoms with Crippen LogP contribution in [0.25, 0.3) is 10.9 Å². The highest BCUT2D eigenvalue weighted by Gasteiger charge is 2.21. The van der Waals surface area contributed by atoms with E-state index in [1.165, 1.54) is 12.1 Å². The molecule has 3 aromatic rings. The summed E-state index contributed by atoms with van der Waals surface area (Å²) in [6, 6.07) is 10.3. The molecule has 0 spiro atoms. The van der Waals surface area contributed by atoms with Crippen LogP contribution in [0.3, 0.4) is 0 Å². The van der Waals surface area contributed by atoms with Crippen molar-refractivity contribution in [1.29, 1.82) is 0 Å². The maximum absolute atomic E-state index is 12.5. The number of aryl methyl sites for hydroxylation is 1. The number of nitrogen functional groups attached to an aromatic ring is 1. The van der Waals surface area contributed by atoms with Crippen LogP contribution in [-0.4, -0.2) is 34.9 Å². The summed E-state index contributed by atoms with van der Waals surface area (Å²) in [6.07, 6.45) is 2.45. The molecular formula is C23H28N6O3. The van der Waals surface area contributed by atoms with Gasteiger partial charge in [-0.3, -0.25) is 19.9 Å². The number of nitro groups is 1. The summed E-state index contributed by atoms with van der Waals surface area (Å²) in [7, 11) is 0. The van der Waals surface area contributed by atoms with E-state index in [-0.39, 0.29) is 11.3 Å². The van der Waals surface area contributed by atoms with Crippen LogP contribution in [0, 0.1) is 17.0 Å². The molecule has 0 unspecified atom stereocenters. The van der Waals surface area contributed by atoms with E-state index in [2.05, 4.69) is 20.9 Å². The van der Waals surface area contributed by atoms with E-state index < -0.39 is 10.8 Å². The number of hydrogen-bond donors (Lipinski definition) is 4. The zero-order valence-electron chi connectivity index (χ0n) is 18.4. The lowest BCUT2D eigenvalue weighted by atomic mass is 10.1. The van der Waals surface area contributed by atoms with Crippen LogP contribution < -0.4 is 21.7 Å². The number of anilines is 3. The topological polar surface area (TPSA) is 135 Å². The standard InChI is InChI=1S/C23H28N6O3/c1-14(2)25-10-5-11-26-23(30)17-9-8-16(12-20(17)29(31)32)28-22-15(3)13-27-19-7-4-6-18(24)21(19)22/h4,6-9,12-14,25H,5,10-11,24H2,1-3H3,(H,26,30)(H,27,28). The van der Waals surface area contributed by atoms with Gasteiger partial charge in [-0.05, 0) is 49.7 Å². The molecule has 1 amide bonds. The molecular weight excluding hydrogens is 408 g/mol. The normalized spacial score (nSPS) is 11.0. The zero-order valence-corrected chi connectivity index (χ0v) is 18.4. The molecule has 1 aromatic heterocycles. The van der Waals surface area contributed by atoms with Gasteiger partial charge in [0.25, 0.3) is 11.6 Å². The third kappa shape index (κ3) is 5.30. The summed E-state index contributed by atoms with van der Waals surface area (Å²) < 4.78 is 0. The van der Waals surface area contributed by atoms with Crippen molar-refractivity contribution in [3.8, 4) is 0 Å². The summed E-state index contributed by atoms with van der Waals surface area (Å²) in [5.41, 5.74) is 9.23. The molecule has 168 valence electrons. The van der Waals surface area contributed by atoms with Gasteiger partial charge in [-0.1, -0.05) is 19.9 Å². The summed E-state index contributed by atoms with van der Waals surface area (Å²) >= 11 is 0. The molecule has 0 fully saturated rings. The van der Waals surface area contributed by atoms with Crippen LogP contribution in [0.5, 0.6) is 0 Å². The lowest BCUT2D eigenvalue weighted by molar-refractivity contribution is -0.385. The van der Waals surface area contributed by atoms with Gasteiger partial charge in [-0.25, -0.2) is 0 Å². The van der Waals surface area contributed by atoms with Crippen LogP contribution in [0.1, 0.15) is 36.2 Å². The number of hydrogen-bond acceptors (Lipinski definition) is 7. The van der Waals surface area contributed by atoms with Gasteiger partial charge in [-0.2, -0.15) is 0 Å². The number of carbonyl (C=O) groups excluding carboxylic acids is 1. The monoisotopic (exact) mass is 436 g/mol. The van der Waals surface area contributed by atoms with Gasteiger partial charge >= 0.3 is 0 Å². The lowest BCUT2D eigenvalue weighted by Crippen LogP contribution is -2.30.